The fourth-order valence-corrected chi connectivity index (χ4v) is 4.72. The number of ketones is 1. The van der Waals surface area contributed by atoms with Crippen molar-refractivity contribution in [3.8, 4) is 11.4 Å². The minimum absolute atomic E-state index is 0.0476. The van der Waals surface area contributed by atoms with Crippen LogP contribution in [0.5, 0.6) is 0 Å². The van der Waals surface area contributed by atoms with Gasteiger partial charge in [0.05, 0.1) is 16.6 Å². The third-order valence-corrected chi connectivity index (χ3v) is 6.12. The Kier molecular flexibility index (Phi) is 4.82. The van der Waals surface area contributed by atoms with E-state index in [0.717, 1.165) is 16.7 Å². The van der Waals surface area contributed by atoms with Gasteiger partial charge in [0.2, 0.25) is 5.78 Å². The maximum atomic E-state index is 13.9. The normalized spacial score (nSPS) is 11.6. The van der Waals surface area contributed by atoms with E-state index in [0.29, 0.717) is 15.7 Å². The van der Waals surface area contributed by atoms with Crippen LogP contribution in [0.1, 0.15) is 32.3 Å². The Morgan fingerprint density at radius 2 is 1.88 bits per heavy atom. The second-order valence-electron chi connectivity index (χ2n) is 7.07. The molecular formula is C23H14F2N2O4S. The Balaban J connectivity index is 1.58. The number of alkyl halides is 2. The molecule has 0 atom stereocenters. The number of hydrogen-bond acceptors (Lipinski definition) is 5. The molecule has 0 aliphatic heterocycles. The lowest BCUT2D eigenvalue weighted by atomic mass is 10.1. The number of fused-ring (bicyclic) bond motifs is 2. The summed E-state index contributed by atoms with van der Waals surface area (Å²) in [6.07, 6.45) is -0.235. The molecule has 32 heavy (non-hydrogen) atoms. The van der Waals surface area contributed by atoms with Crippen molar-refractivity contribution in [1.82, 2.24) is 9.55 Å². The van der Waals surface area contributed by atoms with Crippen molar-refractivity contribution in [2.45, 2.75) is 13.0 Å². The number of thiophene rings is 1. The standard InChI is InChI=1S/C23H14F2N2O4S/c24-23(25)27-15-7-3-2-6-14(15)26-21(27)13-11-32-19(20(13)22(29)30)10-16(28)18-9-12-5-1-4-8-17(12)31-18/h1-9,11,23H,10H2,(H,29,30). The number of Topliss-reactive ketones (excluding diaryl/α,β-unsaturated/α-hetero) is 1. The fraction of sp³-hybridized carbons (Fsp3) is 0.0870. The first kappa shape index (κ1) is 20.1. The van der Waals surface area contributed by atoms with Crippen LogP contribution in [-0.2, 0) is 6.42 Å². The molecule has 0 aliphatic carbocycles. The molecule has 6 nitrogen and oxygen atoms in total. The Hall–Kier alpha value is -3.85. The van der Waals surface area contributed by atoms with Crippen LogP contribution in [0.25, 0.3) is 33.4 Å². The van der Waals surface area contributed by atoms with Crippen LogP contribution < -0.4 is 0 Å². The maximum Gasteiger partial charge on any atom is 0.337 e. The van der Waals surface area contributed by atoms with E-state index in [-0.39, 0.29) is 39.5 Å². The van der Waals surface area contributed by atoms with E-state index < -0.39 is 18.3 Å². The van der Waals surface area contributed by atoms with Crippen molar-refractivity contribution < 1.29 is 27.9 Å². The summed E-state index contributed by atoms with van der Waals surface area (Å²) < 4.78 is 34.0. The minimum Gasteiger partial charge on any atom is -0.478 e. The molecule has 5 aromatic rings. The molecule has 0 aliphatic rings. The Morgan fingerprint density at radius 3 is 2.62 bits per heavy atom. The molecule has 0 bridgehead atoms. The summed E-state index contributed by atoms with van der Waals surface area (Å²) in [4.78, 5) is 29.4. The molecule has 0 fully saturated rings. The summed E-state index contributed by atoms with van der Waals surface area (Å²) in [5, 5.41) is 12.1. The number of carbonyl (C=O) groups excluding carboxylic acids is 1. The molecule has 3 aromatic heterocycles. The van der Waals surface area contributed by atoms with Gasteiger partial charge in [-0.2, -0.15) is 8.78 Å². The van der Waals surface area contributed by atoms with Crippen LogP contribution in [-0.4, -0.2) is 26.4 Å². The van der Waals surface area contributed by atoms with Gasteiger partial charge in [-0.25, -0.2) is 9.78 Å². The predicted octanol–water partition coefficient (Wildman–Crippen LogP) is 6.03. The smallest absolute Gasteiger partial charge is 0.337 e. The van der Waals surface area contributed by atoms with Gasteiger partial charge in [0.25, 0.3) is 0 Å². The molecule has 0 spiro atoms. The summed E-state index contributed by atoms with van der Waals surface area (Å²) in [5.74, 6) is -1.77. The number of benzene rings is 2. The largest absolute Gasteiger partial charge is 0.478 e. The summed E-state index contributed by atoms with van der Waals surface area (Å²) in [7, 11) is 0. The molecule has 0 radical (unpaired) electrons. The number of imidazole rings is 1. The highest BCUT2D eigenvalue weighted by molar-refractivity contribution is 7.11. The van der Waals surface area contributed by atoms with Crippen molar-refractivity contribution in [2.24, 2.45) is 0 Å². The van der Waals surface area contributed by atoms with Crippen LogP contribution >= 0.6 is 11.3 Å². The van der Waals surface area contributed by atoms with E-state index in [1.54, 1.807) is 42.5 Å². The van der Waals surface area contributed by atoms with E-state index in [9.17, 15) is 23.5 Å². The van der Waals surface area contributed by atoms with E-state index in [1.807, 2.05) is 6.07 Å². The van der Waals surface area contributed by atoms with Crippen molar-refractivity contribution in [3.05, 3.63) is 76.2 Å². The van der Waals surface area contributed by atoms with Gasteiger partial charge in [-0.05, 0) is 24.3 Å². The van der Waals surface area contributed by atoms with Gasteiger partial charge in [0.15, 0.2) is 5.76 Å². The maximum absolute atomic E-state index is 13.9. The van der Waals surface area contributed by atoms with Gasteiger partial charge in [0.1, 0.15) is 11.4 Å². The monoisotopic (exact) mass is 452 g/mol. The molecule has 0 saturated carbocycles. The quantitative estimate of drug-likeness (QED) is 0.318. The molecule has 160 valence electrons. The fourth-order valence-electron chi connectivity index (χ4n) is 3.71. The van der Waals surface area contributed by atoms with Crippen LogP contribution in [0.3, 0.4) is 0 Å². The minimum atomic E-state index is -2.92. The number of furan rings is 1. The number of para-hydroxylation sites is 3. The number of carboxylic acid groups (broad SMARTS) is 1. The topological polar surface area (TPSA) is 85.3 Å². The molecule has 0 saturated heterocycles. The highest BCUT2D eigenvalue weighted by Crippen LogP contribution is 2.36. The second-order valence-corrected chi connectivity index (χ2v) is 8.04. The second kappa shape index (κ2) is 7.69. The number of halogens is 2. The van der Waals surface area contributed by atoms with Crippen molar-refractivity contribution in [3.63, 3.8) is 0 Å². The first-order valence-electron chi connectivity index (χ1n) is 9.55. The molecule has 3 heterocycles. The number of carbonyl (C=O) groups is 2. The van der Waals surface area contributed by atoms with Crippen LogP contribution in [0.2, 0.25) is 0 Å². The average molecular weight is 452 g/mol. The highest BCUT2D eigenvalue weighted by Gasteiger charge is 2.28. The van der Waals surface area contributed by atoms with Gasteiger partial charge in [0, 0.05) is 27.6 Å². The van der Waals surface area contributed by atoms with E-state index in [4.69, 9.17) is 4.42 Å². The van der Waals surface area contributed by atoms with Gasteiger partial charge < -0.3 is 9.52 Å². The first-order chi connectivity index (χ1) is 15.4. The zero-order chi connectivity index (χ0) is 22.4. The lowest BCUT2D eigenvalue weighted by Crippen LogP contribution is -2.08. The van der Waals surface area contributed by atoms with Crippen molar-refractivity contribution in [1.29, 1.82) is 0 Å². The summed E-state index contributed by atoms with van der Waals surface area (Å²) in [6, 6.07) is 15.1. The third kappa shape index (κ3) is 3.27. The van der Waals surface area contributed by atoms with Crippen LogP contribution in [0, 0.1) is 0 Å². The predicted molar refractivity (Wildman–Crippen MR) is 116 cm³/mol. The lowest BCUT2D eigenvalue weighted by Gasteiger charge is -2.08. The van der Waals surface area contributed by atoms with Gasteiger partial charge in [-0.3, -0.25) is 9.36 Å². The summed E-state index contributed by atoms with van der Waals surface area (Å²) >= 11 is 1.02. The van der Waals surface area contributed by atoms with Gasteiger partial charge >= 0.3 is 12.5 Å². The number of rotatable bonds is 6. The third-order valence-electron chi connectivity index (χ3n) is 5.13. The molecular weight excluding hydrogens is 438 g/mol. The molecule has 2 aromatic carbocycles. The number of carboxylic acids is 1. The van der Waals surface area contributed by atoms with E-state index in [1.165, 1.54) is 11.4 Å². The SMILES string of the molecule is O=C(Cc1scc(-c2nc3ccccc3n2C(F)F)c1C(=O)O)c1cc2ccccc2o1. The summed E-state index contributed by atoms with van der Waals surface area (Å²) in [6.45, 7) is -2.92. The number of hydrogen-bond donors (Lipinski definition) is 1. The van der Waals surface area contributed by atoms with Gasteiger partial charge in [-0.15, -0.1) is 11.3 Å². The highest BCUT2D eigenvalue weighted by atomic mass is 32.1. The molecule has 1 N–H and O–H groups in total. The molecule has 5 rings (SSSR count). The Labute approximate surface area is 183 Å². The first-order valence-corrected chi connectivity index (χ1v) is 10.4. The number of nitrogens with zero attached hydrogens (tertiary/aromatic N) is 2. The zero-order valence-corrected chi connectivity index (χ0v) is 17.1. The van der Waals surface area contributed by atoms with Crippen LogP contribution in [0.15, 0.2) is 64.4 Å². The lowest BCUT2D eigenvalue weighted by molar-refractivity contribution is 0.0692. The number of aromatic nitrogens is 2. The van der Waals surface area contributed by atoms with Gasteiger partial charge in [-0.1, -0.05) is 30.3 Å². The van der Waals surface area contributed by atoms with E-state index in [2.05, 4.69) is 4.98 Å². The van der Waals surface area contributed by atoms with Crippen molar-refractivity contribution >= 4 is 45.1 Å². The average Bonchev–Trinajstić information content (AvgIpc) is 3.47. The van der Waals surface area contributed by atoms with Crippen LogP contribution in [0.4, 0.5) is 8.78 Å². The number of aromatic carboxylic acids is 1. The molecule has 0 amide bonds. The zero-order valence-electron chi connectivity index (χ0n) is 16.3. The summed E-state index contributed by atoms with van der Waals surface area (Å²) in [5.41, 5.74) is 0.903. The Bertz CT molecular complexity index is 1470. The molecule has 9 heteroatoms. The van der Waals surface area contributed by atoms with E-state index >= 15 is 0 Å². The van der Waals surface area contributed by atoms with Crippen molar-refractivity contribution in [2.75, 3.05) is 0 Å². The molecule has 0 unspecified atom stereocenters. The Morgan fingerprint density at radius 1 is 1.12 bits per heavy atom.